The largest absolute Gasteiger partial charge is 0.497 e. The van der Waals surface area contributed by atoms with E-state index in [1.54, 1.807) is 20.3 Å². The van der Waals surface area contributed by atoms with E-state index in [0.29, 0.717) is 5.95 Å². The Bertz CT molecular complexity index is 428. The van der Waals surface area contributed by atoms with Crippen LogP contribution in [0, 0.1) is 0 Å². The van der Waals surface area contributed by atoms with Gasteiger partial charge in [-0.15, -0.1) is 0 Å². The van der Waals surface area contributed by atoms with Gasteiger partial charge in [-0.3, -0.25) is 0 Å². The van der Waals surface area contributed by atoms with Gasteiger partial charge in [-0.2, -0.15) is 0 Å². The van der Waals surface area contributed by atoms with Crippen molar-refractivity contribution in [1.29, 1.82) is 0 Å². The van der Waals surface area contributed by atoms with Crippen molar-refractivity contribution in [1.82, 2.24) is 0 Å². The number of hydrogen-bond donors (Lipinski definition) is 0. The Hall–Kier alpha value is -1.90. The van der Waals surface area contributed by atoms with E-state index in [2.05, 4.69) is 0 Å². The Balaban J connectivity index is 2.28. The van der Waals surface area contributed by atoms with Crippen LogP contribution in [0.3, 0.4) is 0 Å². The molecule has 0 amide bonds. The van der Waals surface area contributed by atoms with Gasteiger partial charge in [0.2, 0.25) is 0 Å². The summed E-state index contributed by atoms with van der Waals surface area (Å²) in [5.41, 5.74) is 0.999. The Kier molecular flexibility index (Phi) is 2.63. The predicted octanol–water partition coefficient (Wildman–Crippen LogP) is 2.96. The molecule has 1 heterocycles. The number of benzene rings is 1. The van der Waals surface area contributed by atoms with Gasteiger partial charge in [0.25, 0.3) is 5.95 Å². The molecule has 15 heavy (non-hydrogen) atoms. The van der Waals surface area contributed by atoms with Gasteiger partial charge < -0.3 is 13.9 Å². The van der Waals surface area contributed by atoms with Crippen molar-refractivity contribution in [2.75, 3.05) is 14.2 Å². The summed E-state index contributed by atoms with van der Waals surface area (Å²) >= 11 is 0. The minimum Gasteiger partial charge on any atom is -0.497 e. The molecule has 0 spiro atoms. The highest BCUT2D eigenvalue weighted by atomic mass is 16.6. The maximum atomic E-state index is 5.43. The number of methoxy groups -OCH3 is 2. The molecule has 78 valence electrons. The molecule has 0 unspecified atom stereocenters. The molecule has 0 saturated carbocycles. The quantitative estimate of drug-likeness (QED) is 0.770. The fourth-order valence-corrected chi connectivity index (χ4v) is 1.34. The van der Waals surface area contributed by atoms with E-state index in [0.717, 1.165) is 17.1 Å². The lowest BCUT2D eigenvalue weighted by atomic mass is 10.2. The maximum Gasteiger partial charge on any atom is 0.284 e. The molecule has 1 aromatic heterocycles. The summed E-state index contributed by atoms with van der Waals surface area (Å²) in [6.45, 7) is 0. The Labute approximate surface area is 88.2 Å². The third-order valence-electron chi connectivity index (χ3n) is 2.16. The molecule has 3 nitrogen and oxygen atoms in total. The van der Waals surface area contributed by atoms with Crippen LogP contribution < -0.4 is 9.47 Å². The highest BCUT2D eigenvalue weighted by Crippen LogP contribution is 2.27. The monoisotopic (exact) mass is 204 g/mol. The van der Waals surface area contributed by atoms with Crippen LogP contribution in [0.2, 0.25) is 0 Å². The lowest BCUT2D eigenvalue weighted by molar-refractivity contribution is 0.309. The summed E-state index contributed by atoms with van der Waals surface area (Å²) in [4.78, 5) is 0. The summed E-state index contributed by atoms with van der Waals surface area (Å²) < 4.78 is 15.5. The van der Waals surface area contributed by atoms with E-state index in [-0.39, 0.29) is 0 Å². The standard InChI is InChI=1S/C12H12O3/c1-13-10-5-3-9(4-6-10)11-7-8-12(14-2)15-11/h3-8H,1-2H3. The highest BCUT2D eigenvalue weighted by molar-refractivity contribution is 5.59. The zero-order chi connectivity index (χ0) is 10.7. The molecule has 2 aromatic rings. The van der Waals surface area contributed by atoms with Crippen molar-refractivity contribution >= 4 is 0 Å². The number of ether oxygens (including phenoxy) is 2. The van der Waals surface area contributed by atoms with Gasteiger partial charge in [0.1, 0.15) is 11.5 Å². The Morgan fingerprint density at radius 3 is 2.13 bits per heavy atom. The molecule has 0 atom stereocenters. The lowest BCUT2D eigenvalue weighted by Crippen LogP contribution is -1.81. The summed E-state index contributed by atoms with van der Waals surface area (Å²) in [5, 5.41) is 0. The van der Waals surface area contributed by atoms with Gasteiger partial charge in [0, 0.05) is 11.6 Å². The van der Waals surface area contributed by atoms with Gasteiger partial charge in [-0.05, 0) is 30.3 Å². The first-order valence-electron chi connectivity index (χ1n) is 4.62. The molecule has 0 aliphatic carbocycles. The molecule has 3 heteroatoms. The van der Waals surface area contributed by atoms with E-state index in [9.17, 15) is 0 Å². The Morgan fingerprint density at radius 1 is 0.867 bits per heavy atom. The third-order valence-corrected chi connectivity index (χ3v) is 2.16. The van der Waals surface area contributed by atoms with E-state index in [4.69, 9.17) is 13.9 Å². The first-order chi connectivity index (χ1) is 7.33. The molecular weight excluding hydrogens is 192 g/mol. The van der Waals surface area contributed by atoms with Gasteiger partial charge >= 0.3 is 0 Å². The van der Waals surface area contributed by atoms with Crippen LogP contribution >= 0.6 is 0 Å². The molecule has 0 fully saturated rings. The second-order valence-electron chi connectivity index (χ2n) is 3.05. The van der Waals surface area contributed by atoms with E-state index in [1.165, 1.54) is 0 Å². The van der Waals surface area contributed by atoms with E-state index in [1.807, 2.05) is 30.3 Å². The molecule has 0 saturated heterocycles. The normalized spacial score (nSPS) is 10.0. The average Bonchev–Trinajstić information content (AvgIpc) is 2.78. The first-order valence-corrected chi connectivity index (χ1v) is 4.62. The van der Waals surface area contributed by atoms with Crippen molar-refractivity contribution in [3.05, 3.63) is 36.4 Å². The summed E-state index contributed by atoms with van der Waals surface area (Å²) in [5.74, 6) is 2.13. The van der Waals surface area contributed by atoms with Gasteiger partial charge in [0.15, 0.2) is 0 Å². The van der Waals surface area contributed by atoms with Crippen molar-refractivity contribution in [3.63, 3.8) is 0 Å². The summed E-state index contributed by atoms with van der Waals surface area (Å²) in [6.07, 6.45) is 0. The predicted molar refractivity (Wildman–Crippen MR) is 57.2 cm³/mol. The highest BCUT2D eigenvalue weighted by Gasteiger charge is 2.04. The molecule has 0 aliphatic heterocycles. The molecule has 0 radical (unpaired) electrons. The smallest absolute Gasteiger partial charge is 0.284 e. The van der Waals surface area contributed by atoms with E-state index < -0.39 is 0 Å². The zero-order valence-corrected chi connectivity index (χ0v) is 8.69. The maximum absolute atomic E-state index is 5.43. The first kappa shape index (κ1) is 9.65. The average molecular weight is 204 g/mol. The van der Waals surface area contributed by atoms with E-state index >= 15 is 0 Å². The molecule has 1 aromatic carbocycles. The van der Waals surface area contributed by atoms with Crippen molar-refractivity contribution < 1.29 is 13.9 Å². The number of furan rings is 1. The third kappa shape index (κ3) is 1.96. The SMILES string of the molecule is COc1ccc(-c2ccc(OC)o2)cc1. The van der Waals surface area contributed by atoms with Crippen LogP contribution in [-0.2, 0) is 0 Å². The summed E-state index contributed by atoms with van der Waals surface area (Å²) in [6, 6.07) is 11.3. The topological polar surface area (TPSA) is 31.6 Å². The second-order valence-corrected chi connectivity index (χ2v) is 3.05. The molecular formula is C12H12O3. The summed E-state index contributed by atoms with van der Waals surface area (Å²) in [7, 11) is 3.22. The van der Waals surface area contributed by atoms with Crippen LogP contribution in [0.5, 0.6) is 11.7 Å². The lowest BCUT2D eigenvalue weighted by Gasteiger charge is -2.00. The van der Waals surface area contributed by atoms with Gasteiger partial charge in [0.05, 0.1) is 14.2 Å². The molecule has 0 aliphatic rings. The van der Waals surface area contributed by atoms with Gasteiger partial charge in [-0.1, -0.05) is 0 Å². The number of hydrogen-bond acceptors (Lipinski definition) is 3. The molecule has 2 rings (SSSR count). The van der Waals surface area contributed by atoms with Crippen LogP contribution in [0.15, 0.2) is 40.8 Å². The fraction of sp³-hybridized carbons (Fsp3) is 0.167. The second kappa shape index (κ2) is 4.09. The number of rotatable bonds is 3. The minimum atomic E-state index is 0.515. The van der Waals surface area contributed by atoms with Gasteiger partial charge in [-0.25, -0.2) is 0 Å². The molecule has 0 bridgehead atoms. The van der Waals surface area contributed by atoms with Crippen molar-refractivity contribution in [3.8, 4) is 23.0 Å². The molecule has 0 N–H and O–H groups in total. The van der Waals surface area contributed by atoms with Crippen molar-refractivity contribution in [2.45, 2.75) is 0 Å². The minimum absolute atomic E-state index is 0.515. The van der Waals surface area contributed by atoms with Crippen molar-refractivity contribution in [2.24, 2.45) is 0 Å². The van der Waals surface area contributed by atoms with Crippen LogP contribution in [-0.4, -0.2) is 14.2 Å². The van der Waals surface area contributed by atoms with Crippen LogP contribution in [0.4, 0.5) is 0 Å². The fourth-order valence-electron chi connectivity index (χ4n) is 1.34. The van der Waals surface area contributed by atoms with Crippen LogP contribution in [0.1, 0.15) is 0 Å². The zero-order valence-electron chi connectivity index (χ0n) is 8.69. The Morgan fingerprint density at radius 2 is 1.60 bits per heavy atom. The van der Waals surface area contributed by atoms with Crippen LogP contribution in [0.25, 0.3) is 11.3 Å².